The molecule has 58 valence electrons. The van der Waals surface area contributed by atoms with E-state index in [4.69, 9.17) is 9.84 Å². The van der Waals surface area contributed by atoms with Crippen molar-refractivity contribution in [2.75, 3.05) is 0 Å². The molecule has 1 N–H and O–H groups in total. The van der Waals surface area contributed by atoms with Crippen LogP contribution in [-0.2, 0) is 9.53 Å². The van der Waals surface area contributed by atoms with E-state index in [0.29, 0.717) is 5.57 Å². The minimum atomic E-state index is -0.890. The van der Waals surface area contributed by atoms with Crippen molar-refractivity contribution in [3.63, 3.8) is 0 Å². The van der Waals surface area contributed by atoms with Gasteiger partial charge in [0.05, 0.1) is 5.57 Å². The van der Waals surface area contributed by atoms with Gasteiger partial charge in [-0.25, -0.2) is 4.79 Å². The summed E-state index contributed by atoms with van der Waals surface area (Å²) in [5.41, 5.74) is 0.115. The Balaban J connectivity index is 2.25. The number of epoxide rings is 1. The van der Waals surface area contributed by atoms with Gasteiger partial charge in [0.1, 0.15) is 11.7 Å². The molecule has 2 unspecified atom stereocenters. The maximum absolute atomic E-state index is 10.4. The Morgan fingerprint density at radius 2 is 2.55 bits per heavy atom. The van der Waals surface area contributed by atoms with Gasteiger partial charge in [-0.3, -0.25) is 0 Å². The molecule has 1 aliphatic heterocycles. The maximum atomic E-state index is 10.4. The molecular formula is C8H8O3. The van der Waals surface area contributed by atoms with Gasteiger partial charge in [0.15, 0.2) is 0 Å². The van der Waals surface area contributed by atoms with Crippen LogP contribution in [0.15, 0.2) is 23.8 Å². The zero-order valence-corrected chi connectivity index (χ0v) is 6.07. The Morgan fingerprint density at radius 3 is 3.09 bits per heavy atom. The summed E-state index contributed by atoms with van der Waals surface area (Å²) < 4.78 is 5.22. The molecule has 1 aliphatic carbocycles. The first-order valence-electron chi connectivity index (χ1n) is 3.44. The fraction of sp³-hybridized carbons (Fsp3) is 0.375. The molecule has 0 amide bonds. The van der Waals surface area contributed by atoms with Crippen LogP contribution in [0.3, 0.4) is 0 Å². The normalized spacial score (nSPS) is 39.4. The van der Waals surface area contributed by atoms with Crippen molar-refractivity contribution in [3.8, 4) is 0 Å². The first-order chi connectivity index (χ1) is 5.12. The smallest absolute Gasteiger partial charge is 0.335 e. The molecule has 0 aromatic heterocycles. The van der Waals surface area contributed by atoms with Crippen LogP contribution in [0.25, 0.3) is 0 Å². The third-order valence-corrected chi connectivity index (χ3v) is 2.06. The van der Waals surface area contributed by atoms with Gasteiger partial charge in [0.25, 0.3) is 0 Å². The third kappa shape index (κ3) is 0.886. The number of aliphatic carboxylic acids is 1. The molecule has 3 heteroatoms. The van der Waals surface area contributed by atoms with Gasteiger partial charge in [0, 0.05) is 0 Å². The average Bonchev–Trinajstić information content (AvgIpc) is 2.58. The predicted molar refractivity (Wildman–Crippen MR) is 38.1 cm³/mol. The molecule has 0 saturated carbocycles. The largest absolute Gasteiger partial charge is 0.478 e. The standard InChI is InChI=1S/C8H8O3/c1-8-3-2-5(7(9)10)4-6(8)11-8/h2-4,6H,1H3,(H,9,10). The van der Waals surface area contributed by atoms with Crippen molar-refractivity contribution in [2.45, 2.75) is 18.6 Å². The van der Waals surface area contributed by atoms with Crippen LogP contribution in [0.2, 0.25) is 0 Å². The maximum Gasteiger partial charge on any atom is 0.335 e. The number of rotatable bonds is 1. The second kappa shape index (κ2) is 1.74. The van der Waals surface area contributed by atoms with E-state index >= 15 is 0 Å². The van der Waals surface area contributed by atoms with Crippen LogP contribution in [0.4, 0.5) is 0 Å². The van der Waals surface area contributed by atoms with Gasteiger partial charge in [-0.15, -0.1) is 0 Å². The Bertz CT molecular complexity index is 277. The summed E-state index contributed by atoms with van der Waals surface area (Å²) >= 11 is 0. The van der Waals surface area contributed by atoms with Crippen LogP contribution < -0.4 is 0 Å². The van der Waals surface area contributed by atoms with Gasteiger partial charge in [-0.2, -0.15) is 0 Å². The summed E-state index contributed by atoms with van der Waals surface area (Å²) in [5.74, 6) is -0.890. The Morgan fingerprint density at radius 1 is 1.82 bits per heavy atom. The summed E-state index contributed by atoms with van der Waals surface area (Å²) in [6.45, 7) is 1.93. The lowest BCUT2D eigenvalue weighted by Crippen LogP contribution is -2.11. The van der Waals surface area contributed by atoms with Crippen LogP contribution in [0.5, 0.6) is 0 Å². The third-order valence-electron chi connectivity index (χ3n) is 2.06. The van der Waals surface area contributed by atoms with Crippen LogP contribution in [-0.4, -0.2) is 22.8 Å². The number of hydrogen-bond acceptors (Lipinski definition) is 2. The summed E-state index contributed by atoms with van der Waals surface area (Å²) in [5, 5.41) is 8.58. The number of fused-ring (bicyclic) bond motifs is 1. The molecule has 0 aromatic carbocycles. The Labute approximate surface area is 64.0 Å². The highest BCUT2D eigenvalue weighted by molar-refractivity contribution is 5.90. The van der Waals surface area contributed by atoms with Crippen molar-refractivity contribution in [1.29, 1.82) is 0 Å². The Hall–Kier alpha value is -1.09. The highest BCUT2D eigenvalue weighted by atomic mass is 16.6. The lowest BCUT2D eigenvalue weighted by Gasteiger charge is -2.02. The number of ether oxygens (including phenoxy) is 1. The van der Waals surface area contributed by atoms with Crippen LogP contribution in [0.1, 0.15) is 6.92 Å². The monoisotopic (exact) mass is 152 g/mol. The molecule has 1 fully saturated rings. The highest BCUT2D eigenvalue weighted by Gasteiger charge is 2.50. The van der Waals surface area contributed by atoms with Gasteiger partial charge in [-0.05, 0) is 25.2 Å². The van der Waals surface area contributed by atoms with Crippen LogP contribution >= 0.6 is 0 Å². The molecule has 2 rings (SSSR count). The quantitative estimate of drug-likeness (QED) is 0.563. The predicted octanol–water partition coefficient (Wildman–Crippen LogP) is 0.725. The lowest BCUT2D eigenvalue weighted by molar-refractivity contribution is -0.132. The molecule has 1 heterocycles. The number of hydrogen-bond donors (Lipinski definition) is 1. The summed E-state index contributed by atoms with van der Waals surface area (Å²) in [6.07, 6.45) is 5.01. The van der Waals surface area contributed by atoms with Crippen molar-refractivity contribution in [3.05, 3.63) is 23.8 Å². The molecule has 0 aromatic rings. The van der Waals surface area contributed by atoms with E-state index in [2.05, 4.69) is 0 Å². The van der Waals surface area contributed by atoms with Crippen LogP contribution in [0, 0.1) is 0 Å². The van der Waals surface area contributed by atoms with Gasteiger partial charge >= 0.3 is 5.97 Å². The SMILES string of the molecule is CC12C=CC(C(=O)O)=CC1O2. The van der Waals surface area contributed by atoms with Gasteiger partial charge < -0.3 is 9.84 Å². The van der Waals surface area contributed by atoms with E-state index in [9.17, 15) is 4.79 Å². The zero-order valence-electron chi connectivity index (χ0n) is 6.07. The fourth-order valence-electron chi connectivity index (χ4n) is 1.19. The van der Waals surface area contributed by atoms with Crippen molar-refractivity contribution >= 4 is 5.97 Å². The minimum Gasteiger partial charge on any atom is -0.478 e. The first kappa shape index (κ1) is 6.61. The molecule has 3 nitrogen and oxygen atoms in total. The summed E-state index contributed by atoms with van der Waals surface area (Å²) in [4.78, 5) is 10.4. The second-order valence-electron chi connectivity index (χ2n) is 2.98. The lowest BCUT2D eigenvalue weighted by atomic mass is 9.99. The summed E-state index contributed by atoms with van der Waals surface area (Å²) in [6, 6.07) is 0. The average molecular weight is 152 g/mol. The molecule has 2 aliphatic rings. The Kier molecular flexibility index (Phi) is 1.04. The van der Waals surface area contributed by atoms with E-state index < -0.39 is 5.97 Å². The van der Waals surface area contributed by atoms with Crippen molar-refractivity contribution in [2.24, 2.45) is 0 Å². The second-order valence-corrected chi connectivity index (χ2v) is 2.98. The molecule has 0 spiro atoms. The van der Waals surface area contributed by atoms with Gasteiger partial charge in [0.2, 0.25) is 0 Å². The van der Waals surface area contributed by atoms with E-state index in [1.165, 1.54) is 0 Å². The van der Waals surface area contributed by atoms with Gasteiger partial charge in [-0.1, -0.05) is 0 Å². The van der Waals surface area contributed by atoms with Crippen molar-refractivity contribution in [1.82, 2.24) is 0 Å². The zero-order chi connectivity index (χ0) is 8.06. The molecule has 11 heavy (non-hydrogen) atoms. The number of carboxylic acids is 1. The molecule has 1 saturated heterocycles. The number of carbonyl (C=O) groups is 1. The molecule has 0 radical (unpaired) electrons. The fourth-order valence-corrected chi connectivity index (χ4v) is 1.19. The van der Waals surface area contributed by atoms with E-state index in [-0.39, 0.29) is 11.7 Å². The highest BCUT2D eigenvalue weighted by Crippen LogP contribution is 2.41. The van der Waals surface area contributed by atoms with E-state index in [1.54, 1.807) is 18.2 Å². The van der Waals surface area contributed by atoms with E-state index in [0.717, 1.165) is 0 Å². The summed E-state index contributed by atoms with van der Waals surface area (Å²) in [7, 11) is 0. The van der Waals surface area contributed by atoms with E-state index in [1.807, 2.05) is 6.92 Å². The number of carboxylic acid groups (broad SMARTS) is 1. The molecule has 0 bridgehead atoms. The minimum absolute atomic E-state index is 0.0152. The molecular weight excluding hydrogens is 144 g/mol. The topological polar surface area (TPSA) is 49.8 Å². The van der Waals surface area contributed by atoms with Crippen molar-refractivity contribution < 1.29 is 14.6 Å². The molecule has 2 atom stereocenters. The first-order valence-corrected chi connectivity index (χ1v) is 3.44.